The first-order valence-corrected chi connectivity index (χ1v) is 6.92. The molecule has 0 N–H and O–H groups in total. The average Bonchev–Trinajstić information content (AvgIpc) is 2.78. The zero-order valence-corrected chi connectivity index (χ0v) is 12.3. The molecule has 0 amide bonds. The van der Waals surface area contributed by atoms with E-state index in [2.05, 4.69) is 39.5 Å². The van der Waals surface area contributed by atoms with Crippen LogP contribution < -0.4 is 0 Å². The molecule has 0 aromatic heterocycles. The van der Waals surface area contributed by atoms with Crippen molar-refractivity contribution in [1.82, 2.24) is 0 Å². The summed E-state index contributed by atoms with van der Waals surface area (Å²) in [6, 6.07) is 0. The van der Waals surface area contributed by atoms with Crippen LogP contribution in [-0.2, 0) is 0 Å². The van der Waals surface area contributed by atoms with Gasteiger partial charge >= 0.3 is 0 Å². The van der Waals surface area contributed by atoms with Gasteiger partial charge in [0.05, 0.1) is 0 Å². The summed E-state index contributed by atoms with van der Waals surface area (Å²) < 4.78 is 0. The van der Waals surface area contributed by atoms with E-state index in [1.807, 2.05) is 19.9 Å². The van der Waals surface area contributed by atoms with Gasteiger partial charge in [0, 0.05) is 0 Å². The molecular weight excluding hydrogens is 204 g/mol. The molecule has 0 atom stereocenters. The highest BCUT2D eigenvalue weighted by Gasteiger charge is 2.17. The topological polar surface area (TPSA) is 0 Å². The molecule has 2 rings (SSSR count). The Morgan fingerprint density at radius 3 is 2.06 bits per heavy atom. The van der Waals surface area contributed by atoms with Crippen LogP contribution in [0.3, 0.4) is 0 Å². The standard InChI is InChI=1S/C12H14.C3H8.C2H6/c1-3-10-8-12-6-4-5-11(12)7-9(10)2;1-3-2;1-2/h3,5-6H,1,4,7-8H2,2H3;3H2,1-2H3;1-2H3. The second-order valence-corrected chi connectivity index (χ2v) is 4.26. The van der Waals surface area contributed by atoms with Gasteiger partial charge in [0.1, 0.15) is 0 Å². The summed E-state index contributed by atoms with van der Waals surface area (Å²) in [7, 11) is 0. The molecule has 17 heavy (non-hydrogen) atoms. The first kappa shape index (κ1) is 16.0. The van der Waals surface area contributed by atoms with Gasteiger partial charge in [0.2, 0.25) is 0 Å². The Morgan fingerprint density at radius 1 is 1.12 bits per heavy atom. The fourth-order valence-electron chi connectivity index (χ4n) is 1.98. The van der Waals surface area contributed by atoms with Crippen molar-refractivity contribution in [3.63, 3.8) is 0 Å². The van der Waals surface area contributed by atoms with Crippen molar-refractivity contribution < 1.29 is 0 Å². The van der Waals surface area contributed by atoms with Crippen molar-refractivity contribution in [3.8, 4) is 0 Å². The zero-order chi connectivity index (χ0) is 13.3. The Kier molecular flexibility index (Phi) is 8.49. The number of hydrogen-bond donors (Lipinski definition) is 0. The minimum Gasteiger partial charge on any atom is -0.0988 e. The van der Waals surface area contributed by atoms with Crippen LogP contribution in [0.4, 0.5) is 0 Å². The largest absolute Gasteiger partial charge is 0.0988 e. The van der Waals surface area contributed by atoms with Gasteiger partial charge in [-0.1, -0.05) is 64.5 Å². The summed E-state index contributed by atoms with van der Waals surface area (Å²) in [6.07, 6.45) is 11.3. The van der Waals surface area contributed by atoms with E-state index in [0.717, 1.165) is 19.3 Å². The number of rotatable bonds is 1. The minimum atomic E-state index is 1.11. The number of allylic oxidation sites excluding steroid dienone is 7. The van der Waals surface area contributed by atoms with E-state index in [4.69, 9.17) is 0 Å². The van der Waals surface area contributed by atoms with Crippen LogP contribution in [-0.4, -0.2) is 0 Å². The van der Waals surface area contributed by atoms with Gasteiger partial charge in [0.25, 0.3) is 0 Å². The molecule has 2 aliphatic carbocycles. The summed E-state index contributed by atoms with van der Waals surface area (Å²) in [4.78, 5) is 0. The molecule has 0 unspecified atom stereocenters. The highest BCUT2D eigenvalue weighted by atomic mass is 14.2. The number of hydrogen-bond acceptors (Lipinski definition) is 0. The summed E-state index contributed by atoms with van der Waals surface area (Å²) in [5.41, 5.74) is 6.02. The molecule has 0 saturated heterocycles. The summed E-state index contributed by atoms with van der Waals surface area (Å²) in [5.74, 6) is 0. The molecular formula is C17H28. The third-order valence-electron chi connectivity index (χ3n) is 2.77. The highest BCUT2D eigenvalue weighted by molar-refractivity contribution is 5.49. The van der Waals surface area contributed by atoms with Gasteiger partial charge < -0.3 is 0 Å². The Labute approximate surface area is 108 Å². The smallest absolute Gasteiger partial charge is 0.00267 e. The van der Waals surface area contributed by atoms with Gasteiger partial charge in [0.15, 0.2) is 0 Å². The first-order valence-electron chi connectivity index (χ1n) is 6.92. The third kappa shape index (κ3) is 4.77. The fraction of sp³-hybridized carbons (Fsp3) is 0.529. The van der Waals surface area contributed by atoms with Gasteiger partial charge in [-0.05, 0) is 42.9 Å². The van der Waals surface area contributed by atoms with Crippen molar-refractivity contribution >= 4 is 0 Å². The fourth-order valence-corrected chi connectivity index (χ4v) is 1.98. The molecule has 0 spiro atoms. The lowest BCUT2D eigenvalue weighted by Gasteiger charge is -2.19. The Balaban J connectivity index is 0.000000450. The third-order valence-corrected chi connectivity index (χ3v) is 2.77. The van der Waals surface area contributed by atoms with Crippen molar-refractivity contribution in [2.45, 2.75) is 60.3 Å². The monoisotopic (exact) mass is 232 g/mol. The molecule has 96 valence electrons. The van der Waals surface area contributed by atoms with Gasteiger partial charge in [-0.2, -0.15) is 0 Å². The van der Waals surface area contributed by atoms with Gasteiger partial charge in [-0.3, -0.25) is 0 Å². The van der Waals surface area contributed by atoms with Crippen molar-refractivity contribution in [3.05, 3.63) is 47.1 Å². The van der Waals surface area contributed by atoms with E-state index >= 15 is 0 Å². The van der Waals surface area contributed by atoms with Crippen LogP contribution in [0.5, 0.6) is 0 Å². The zero-order valence-electron chi connectivity index (χ0n) is 12.3. The van der Waals surface area contributed by atoms with Crippen molar-refractivity contribution in [2.75, 3.05) is 0 Å². The Bertz CT molecular complexity index is 324. The van der Waals surface area contributed by atoms with Gasteiger partial charge in [-0.25, -0.2) is 0 Å². The van der Waals surface area contributed by atoms with Crippen LogP contribution in [0, 0.1) is 0 Å². The summed E-state index contributed by atoms with van der Waals surface area (Å²) >= 11 is 0. The molecule has 0 aliphatic heterocycles. The van der Waals surface area contributed by atoms with Crippen LogP contribution >= 0.6 is 0 Å². The van der Waals surface area contributed by atoms with E-state index in [-0.39, 0.29) is 0 Å². The van der Waals surface area contributed by atoms with Crippen molar-refractivity contribution in [1.29, 1.82) is 0 Å². The second-order valence-electron chi connectivity index (χ2n) is 4.26. The molecule has 0 aromatic carbocycles. The highest BCUT2D eigenvalue weighted by Crippen LogP contribution is 2.36. The predicted molar refractivity (Wildman–Crippen MR) is 80.2 cm³/mol. The van der Waals surface area contributed by atoms with Crippen LogP contribution in [0.1, 0.15) is 60.3 Å². The molecule has 2 aliphatic rings. The SMILES string of the molecule is C=CC1=C(C)CC2=CCC=C2C1.CC.CCC. The quantitative estimate of drug-likeness (QED) is 0.521. The Hall–Kier alpha value is -1.04. The predicted octanol–water partition coefficient (Wildman–Crippen LogP) is 5.98. The molecule has 0 bridgehead atoms. The second kappa shape index (κ2) is 9.04. The van der Waals surface area contributed by atoms with E-state index in [0.29, 0.717) is 0 Å². The van der Waals surface area contributed by atoms with Crippen LogP contribution in [0.15, 0.2) is 47.1 Å². The Morgan fingerprint density at radius 2 is 1.59 bits per heavy atom. The lowest BCUT2D eigenvalue weighted by atomic mass is 9.86. The van der Waals surface area contributed by atoms with E-state index < -0.39 is 0 Å². The lowest BCUT2D eigenvalue weighted by molar-refractivity contribution is 0.977. The summed E-state index contributed by atoms with van der Waals surface area (Å²) in [6.45, 7) is 14.3. The molecule has 0 fully saturated rings. The van der Waals surface area contributed by atoms with Crippen molar-refractivity contribution in [2.24, 2.45) is 0 Å². The lowest BCUT2D eigenvalue weighted by Crippen LogP contribution is -2.00. The maximum atomic E-state index is 3.84. The maximum Gasteiger partial charge on any atom is -0.00267 e. The van der Waals surface area contributed by atoms with E-state index in [1.54, 1.807) is 5.57 Å². The minimum absolute atomic E-state index is 1.11. The molecule has 0 aromatic rings. The van der Waals surface area contributed by atoms with Crippen LogP contribution in [0.25, 0.3) is 0 Å². The average molecular weight is 232 g/mol. The molecule has 0 heteroatoms. The van der Waals surface area contributed by atoms with Gasteiger partial charge in [-0.15, -0.1) is 0 Å². The maximum absolute atomic E-state index is 3.84. The van der Waals surface area contributed by atoms with Crippen LogP contribution in [0.2, 0.25) is 0 Å². The molecule has 0 nitrogen and oxygen atoms in total. The van der Waals surface area contributed by atoms with E-state index in [1.165, 1.54) is 23.1 Å². The number of fused-ring (bicyclic) bond motifs is 1. The molecule has 0 radical (unpaired) electrons. The normalized spacial score (nSPS) is 16.8. The van der Waals surface area contributed by atoms with E-state index in [9.17, 15) is 0 Å². The molecule has 0 saturated carbocycles. The molecule has 0 heterocycles. The summed E-state index contributed by atoms with van der Waals surface area (Å²) in [5, 5.41) is 0. The first-order chi connectivity index (χ1) is 8.22.